The van der Waals surface area contributed by atoms with Gasteiger partial charge in [0.2, 0.25) is 5.91 Å². The maximum atomic E-state index is 11.6. The highest BCUT2D eigenvalue weighted by Crippen LogP contribution is 2.11. The fourth-order valence-corrected chi connectivity index (χ4v) is 1.88. The molecule has 0 radical (unpaired) electrons. The summed E-state index contributed by atoms with van der Waals surface area (Å²) in [5.41, 5.74) is 0. The fourth-order valence-electron chi connectivity index (χ4n) is 1.88. The van der Waals surface area contributed by atoms with E-state index in [0.717, 1.165) is 12.8 Å². The molecular formula is C14H18N2O4. The highest BCUT2D eigenvalue weighted by atomic mass is 16.6. The van der Waals surface area contributed by atoms with E-state index in [-0.39, 0.29) is 12.0 Å². The van der Waals surface area contributed by atoms with Gasteiger partial charge in [-0.25, -0.2) is 4.79 Å². The number of rotatable bonds is 5. The van der Waals surface area contributed by atoms with E-state index in [1.54, 1.807) is 24.3 Å². The van der Waals surface area contributed by atoms with Gasteiger partial charge in [-0.2, -0.15) is 0 Å². The summed E-state index contributed by atoms with van der Waals surface area (Å²) in [5, 5.41) is 5.27. The fraction of sp³-hybridized carbons (Fsp3) is 0.429. The Bertz CT molecular complexity index is 444. The predicted octanol–water partition coefficient (Wildman–Crippen LogP) is 1.07. The molecule has 1 aromatic rings. The SMILES string of the molecule is O=C(NCCNC(=O)C1CCCO1)Oc1ccccc1. The standard InChI is InChI=1S/C14H18N2O4/c17-13(12-7-4-10-19-12)15-8-9-16-14(18)20-11-5-2-1-3-6-11/h1-3,5-6,12H,4,7-10H2,(H,15,17)(H,16,18). The van der Waals surface area contributed by atoms with E-state index in [0.29, 0.717) is 25.4 Å². The Morgan fingerprint density at radius 3 is 2.65 bits per heavy atom. The molecule has 6 heteroatoms. The number of hydrogen-bond donors (Lipinski definition) is 2. The van der Waals surface area contributed by atoms with Crippen LogP contribution in [0, 0.1) is 0 Å². The van der Waals surface area contributed by atoms with Crippen LogP contribution in [0.25, 0.3) is 0 Å². The van der Waals surface area contributed by atoms with Gasteiger partial charge in [-0.3, -0.25) is 4.79 Å². The van der Waals surface area contributed by atoms with Crippen LogP contribution >= 0.6 is 0 Å². The first-order valence-corrected chi connectivity index (χ1v) is 6.66. The zero-order chi connectivity index (χ0) is 14.2. The minimum atomic E-state index is -0.539. The average Bonchev–Trinajstić information content (AvgIpc) is 2.99. The number of carbonyl (C=O) groups is 2. The van der Waals surface area contributed by atoms with Crippen molar-refractivity contribution in [1.82, 2.24) is 10.6 Å². The van der Waals surface area contributed by atoms with Gasteiger partial charge in [-0.1, -0.05) is 18.2 Å². The molecule has 2 amide bonds. The molecule has 108 valence electrons. The molecule has 1 saturated heterocycles. The normalized spacial score (nSPS) is 17.5. The first-order valence-electron chi connectivity index (χ1n) is 6.66. The first kappa shape index (κ1) is 14.3. The first-order chi connectivity index (χ1) is 9.75. The molecule has 0 aromatic heterocycles. The van der Waals surface area contributed by atoms with Crippen molar-refractivity contribution in [1.29, 1.82) is 0 Å². The van der Waals surface area contributed by atoms with Crippen molar-refractivity contribution in [2.24, 2.45) is 0 Å². The Balaban J connectivity index is 1.58. The summed E-state index contributed by atoms with van der Waals surface area (Å²) in [6.07, 6.45) is 0.795. The molecule has 2 N–H and O–H groups in total. The number of ether oxygens (including phenoxy) is 2. The summed E-state index contributed by atoms with van der Waals surface area (Å²) >= 11 is 0. The molecule has 1 aromatic carbocycles. The Morgan fingerprint density at radius 2 is 1.95 bits per heavy atom. The lowest BCUT2D eigenvalue weighted by Crippen LogP contribution is -2.40. The summed E-state index contributed by atoms with van der Waals surface area (Å²) in [5.74, 6) is 0.356. The molecule has 1 heterocycles. The third kappa shape index (κ3) is 4.55. The van der Waals surface area contributed by atoms with Gasteiger partial charge < -0.3 is 20.1 Å². The van der Waals surface area contributed by atoms with Crippen molar-refractivity contribution in [3.05, 3.63) is 30.3 Å². The lowest BCUT2D eigenvalue weighted by Gasteiger charge is -2.11. The number of para-hydroxylation sites is 1. The average molecular weight is 278 g/mol. The summed E-state index contributed by atoms with van der Waals surface area (Å²) in [6.45, 7) is 1.30. The lowest BCUT2D eigenvalue weighted by molar-refractivity contribution is -0.129. The van der Waals surface area contributed by atoms with E-state index < -0.39 is 6.09 Å². The molecular weight excluding hydrogens is 260 g/mol. The van der Waals surface area contributed by atoms with Gasteiger partial charge in [0.25, 0.3) is 0 Å². The zero-order valence-electron chi connectivity index (χ0n) is 11.1. The molecule has 0 aliphatic carbocycles. The summed E-state index contributed by atoms with van der Waals surface area (Å²) in [4.78, 5) is 23.0. The second kappa shape index (κ2) is 7.49. The van der Waals surface area contributed by atoms with Crippen molar-refractivity contribution >= 4 is 12.0 Å². The minimum Gasteiger partial charge on any atom is -0.410 e. The number of carbonyl (C=O) groups excluding carboxylic acids is 2. The Hall–Kier alpha value is -2.08. The predicted molar refractivity (Wildman–Crippen MR) is 72.5 cm³/mol. The van der Waals surface area contributed by atoms with Gasteiger partial charge in [-0.15, -0.1) is 0 Å². The van der Waals surface area contributed by atoms with Crippen LogP contribution in [-0.4, -0.2) is 37.8 Å². The molecule has 0 saturated carbocycles. The minimum absolute atomic E-state index is 0.124. The highest BCUT2D eigenvalue weighted by Gasteiger charge is 2.22. The molecule has 1 aliphatic heterocycles. The number of nitrogens with one attached hydrogen (secondary N) is 2. The maximum Gasteiger partial charge on any atom is 0.412 e. The van der Waals surface area contributed by atoms with Crippen LogP contribution in [0.4, 0.5) is 4.79 Å². The van der Waals surface area contributed by atoms with Crippen LogP contribution in [0.3, 0.4) is 0 Å². The van der Waals surface area contributed by atoms with Gasteiger partial charge in [0.05, 0.1) is 0 Å². The van der Waals surface area contributed by atoms with Crippen molar-refractivity contribution in [3.63, 3.8) is 0 Å². The van der Waals surface area contributed by atoms with Crippen LogP contribution < -0.4 is 15.4 Å². The smallest absolute Gasteiger partial charge is 0.410 e. The van der Waals surface area contributed by atoms with Gasteiger partial charge in [0.15, 0.2) is 0 Å². The van der Waals surface area contributed by atoms with Gasteiger partial charge in [0, 0.05) is 19.7 Å². The van der Waals surface area contributed by atoms with Crippen LogP contribution in [0.1, 0.15) is 12.8 Å². The van der Waals surface area contributed by atoms with Crippen LogP contribution in [0.5, 0.6) is 5.75 Å². The number of hydrogen-bond acceptors (Lipinski definition) is 4. The van der Waals surface area contributed by atoms with E-state index >= 15 is 0 Å². The molecule has 1 aliphatic rings. The summed E-state index contributed by atoms with van der Waals surface area (Å²) in [7, 11) is 0. The summed E-state index contributed by atoms with van der Waals surface area (Å²) < 4.78 is 10.3. The zero-order valence-corrected chi connectivity index (χ0v) is 11.1. The Labute approximate surface area is 117 Å². The van der Waals surface area contributed by atoms with Gasteiger partial charge in [-0.05, 0) is 25.0 Å². The molecule has 0 spiro atoms. The second-order valence-electron chi connectivity index (χ2n) is 4.42. The van der Waals surface area contributed by atoms with Crippen LogP contribution in [0.15, 0.2) is 30.3 Å². The third-order valence-electron chi connectivity index (χ3n) is 2.87. The lowest BCUT2D eigenvalue weighted by atomic mass is 10.2. The monoisotopic (exact) mass is 278 g/mol. The molecule has 20 heavy (non-hydrogen) atoms. The highest BCUT2D eigenvalue weighted by molar-refractivity contribution is 5.81. The number of amides is 2. The van der Waals surface area contributed by atoms with E-state index in [1.165, 1.54) is 0 Å². The van der Waals surface area contributed by atoms with Crippen LogP contribution in [0.2, 0.25) is 0 Å². The number of benzene rings is 1. The third-order valence-corrected chi connectivity index (χ3v) is 2.87. The molecule has 1 unspecified atom stereocenters. The quantitative estimate of drug-likeness (QED) is 0.790. The molecule has 0 bridgehead atoms. The van der Waals surface area contributed by atoms with E-state index in [9.17, 15) is 9.59 Å². The summed E-state index contributed by atoms with van der Waals surface area (Å²) in [6, 6.07) is 8.79. The van der Waals surface area contributed by atoms with Crippen molar-refractivity contribution in [2.45, 2.75) is 18.9 Å². The van der Waals surface area contributed by atoms with Crippen LogP contribution in [-0.2, 0) is 9.53 Å². The molecule has 6 nitrogen and oxygen atoms in total. The Morgan fingerprint density at radius 1 is 1.20 bits per heavy atom. The van der Waals surface area contributed by atoms with Crippen molar-refractivity contribution in [2.75, 3.05) is 19.7 Å². The molecule has 2 rings (SSSR count). The van der Waals surface area contributed by atoms with E-state index in [4.69, 9.17) is 9.47 Å². The van der Waals surface area contributed by atoms with Crippen molar-refractivity contribution < 1.29 is 19.1 Å². The van der Waals surface area contributed by atoms with E-state index in [1.807, 2.05) is 6.07 Å². The maximum absolute atomic E-state index is 11.6. The topological polar surface area (TPSA) is 76.7 Å². The van der Waals surface area contributed by atoms with E-state index in [2.05, 4.69) is 10.6 Å². The van der Waals surface area contributed by atoms with Gasteiger partial charge >= 0.3 is 6.09 Å². The largest absolute Gasteiger partial charge is 0.412 e. The van der Waals surface area contributed by atoms with Crippen molar-refractivity contribution in [3.8, 4) is 5.75 Å². The van der Waals surface area contributed by atoms with Gasteiger partial charge in [0.1, 0.15) is 11.9 Å². The Kier molecular flexibility index (Phi) is 5.37. The second-order valence-corrected chi connectivity index (χ2v) is 4.42. The molecule has 1 atom stereocenters. The molecule has 1 fully saturated rings.